The minimum Gasteiger partial charge on any atom is -0.493 e. The minimum atomic E-state index is -0.433. The summed E-state index contributed by atoms with van der Waals surface area (Å²) in [7, 11) is 3.12. The van der Waals surface area contributed by atoms with Crippen LogP contribution in [0.3, 0.4) is 0 Å². The van der Waals surface area contributed by atoms with Crippen molar-refractivity contribution in [2.75, 3.05) is 32.8 Å². The molecule has 1 N–H and O–H groups in total. The highest BCUT2D eigenvalue weighted by Gasteiger charge is 2.19. The number of amides is 1. The van der Waals surface area contributed by atoms with Crippen molar-refractivity contribution < 1.29 is 27.8 Å². The Morgan fingerprint density at radius 3 is 2.67 bits per heavy atom. The largest absolute Gasteiger partial charge is 0.493 e. The number of hydrogen-bond acceptors (Lipinski definition) is 5. The highest BCUT2D eigenvalue weighted by atomic mass is 19.1. The van der Waals surface area contributed by atoms with Gasteiger partial charge in [-0.2, -0.15) is 0 Å². The van der Waals surface area contributed by atoms with Gasteiger partial charge in [0.25, 0.3) is 5.91 Å². The maximum atomic E-state index is 13.4. The SMILES string of the molecule is COCCOc1cc(NC(=O)c2oc3ccc(F)cc3c2C)ccc1OC. The van der Waals surface area contributed by atoms with Crippen LogP contribution in [0.2, 0.25) is 0 Å². The first kappa shape index (κ1) is 18.7. The summed E-state index contributed by atoms with van der Waals surface area (Å²) in [5.74, 6) is 0.340. The molecule has 7 heteroatoms. The fourth-order valence-corrected chi connectivity index (χ4v) is 2.70. The Bertz CT molecular complexity index is 966. The van der Waals surface area contributed by atoms with Gasteiger partial charge in [-0.3, -0.25) is 4.79 Å². The van der Waals surface area contributed by atoms with E-state index >= 15 is 0 Å². The number of aryl methyl sites for hydroxylation is 1. The summed E-state index contributed by atoms with van der Waals surface area (Å²) in [6, 6.07) is 9.18. The van der Waals surface area contributed by atoms with Crippen LogP contribution in [0.1, 0.15) is 16.1 Å². The third kappa shape index (κ3) is 4.03. The average molecular weight is 373 g/mol. The molecule has 0 saturated heterocycles. The van der Waals surface area contributed by atoms with Crippen molar-refractivity contribution in [3.8, 4) is 11.5 Å². The van der Waals surface area contributed by atoms with Crippen molar-refractivity contribution in [3.63, 3.8) is 0 Å². The van der Waals surface area contributed by atoms with Gasteiger partial charge in [-0.1, -0.05) is 0 Å². The van der Waals surface area contributed by atoms with Crippen LogP contribution in [0.25, 0.3) is 11.0 Å². The second-order valence-electron chi connectivity index (χ2n) is 5.86. The lowest BCUT2D eigenvalue weighted by molar-refractivity contribution is 0.0998. The fourth-order valence-electron chi connectivity index (χ4n) is 2.70. The number of rotatable bonds is 7. The Balaban J connectivity index is 1.83. The van der Waals surface area contributed by atoms with Crippen molar-refractivity contribution in [1.82, 2.24) is 0 Å². The lowest BCUT2D eigenvalue weighted by atomic mass is 10.1. The predicted molar refractivity (Wildman–Crippen MR) is 99.2 cm³/mol. The van der Waals surface area contributed by atoms with E-state index in [4.69, 9.17) is 18.6 Å². The second-order valence-corrected chi connectivity index (χ2v) is 5.86. The summed E-state index contributed by atoms with van der Waals surface area (Å²) in [4.78, 5) is 12.6. The first-order valence-electron chi connectivity index (χ1n) is 8.33. The van der Waals surface area contributed by atoms with Gasteiger partial charge in [0, 0.05) is 29.8 Å². The van der Waals surface area contributed by atoms with E-state index < -0.39 is 5.91 Å². The van der Waals surface area contributed by atoms with Crippen molar-refractivity contribution in [2.24, 2.45) is 0 Å². The number of carbonyl (C=O) groups is 1. The maximum Gasteiger partial charge on any atom is 0.291 e. The van der Waals surface area contributed by atoms with E-state index in [0.717, 1.165) is 0 Å². The second kappa shape index (κ2) is 8.09. The number of fused-ring (bicyclic) bond motifs is 1. The van der Waals surface area contributed by atoms with Crippen LogP contribution in [-0.4, -0.2) is 33.3 Å². The predicted octanol–water partition coefficient (Wildman–Crippen LogP) is 4.17. The summed E-state index contributed by atoms with van der Waals surface area (Å²) >= 11 is 0. The zero-order valence-corrected chi connectivity index (χ0v) is 15.3. The molecule has 0 bridgehead atoms. The Hall–Kier alpha value is -3.06. The van der Waals surface area contributed by atoms with Crippen LogP contribution >= 0.6 is 0 Å². The lowest BCUT2D eigenvalue weighted by Gasteiger charge is -2.12. The Labute approximate surface area is 155 Å². The van der Waals surface area contributed by atoms with Gasteiger partial charge >= 0.3 is 0 Å². The van der Waals surface area contributed by atoms with Gasteiger partial charge in [-0.05, 0) is 37.3 Å². The normalized spacial score (nSPS) is 10.8. The van der Waals surface area contributed by atoms with Gasteiger partial charge in [0.1, 0.15) is 18.0 Å². The van der Waals surface area contributed by atoms with Crippen LogP contribution in [0.15, 0.2) is 40.8 Å². The van der Waals surface area contributed by atoms with Crippen LogP contribution < -0.4 is 14.8 Å². The molecule has 6 nitrogen and oxygen atoms in total. The lowest BCUT2D eigenvalue weighted by Crippen LogP contribution is -2.12. The number of methoxy groups -OCH3 is 2. The molecular weight excluding hydrogens is 353 g/mol. The Morgan fingerprint density at radius 1 is 1.11 bits per heavy atom. The van der Waals surface area contributed by atoms with Crippen LogP contribution in [0, 0.1) is 12.7 Å². The van der Waals surface area contributed by atoms with Gasteiger partial charge in [0.05, 0.1) is 13.7 Å². The van der Waals surface area contributed by atoms with Gasteiger partial charge in [0.2, 0.25) is 0 Å². The number of nitrogens with one attached hydrogen (secondary N) is 1. The van der Waals surface area contributed by atoms with Crippen molar-refractivity contribution in [1.29, 1.82) is 0 Å². The molecule has 0 atom stereocenters. The van der Waals surface area contributed by atoms with E-state index in [9.17, 15) is 9.18 Å². The third-order valence-electron chi connectivity index (χ3n) is 4.07. The molecule has 3 aromatic rings. The van der Waals surface area contributed by atoms with E-state index in [2.05, 4.69) is 5.32 Å². The van der Waals surface area contributed by atoms with Crippen molar-refractivity contribution in [2.45, 2.75) is 6.92 Å². The molecule has 0 spiro atoms. The molecule has 2 aromatic carbocycles. The summed E-state index contributed by atoms with van der Waals surface area (Å²) in [5, 5.41) is 3.33. The molecule has 1 amide bonds. The summed E-state index contributed by atoms with van der Waals surface area (Å²) < 4.78 is 34.9. The minimum absolute atomic E-state index is 0.133. The molecule has 1 heterocycles. The van der Waals surface area contributed by atoms with Crippen LogP contribution in [0.5, 0.6) is 11.5 Å². The van der Waals surface area contributed by atoms with E-state index in [-0.39, 0.29) is 11.6 Å². The molecule has 0 unspecified atom stereocenters. The quantitative estimate of drug-likeness (QED) is 0.630. The Kier molecular flexibility index (Phi) is 5.61. The summed E-state index contributed by atoms with van der Waals surface area (Å²) in [5.41, 5.74) is 1.55. The van der Waals surface area contributed by atoms with Gasteiger partial charge in [-0.25, -0.2) is 4.39 Å². The fraction of sp³-hybridized carbons (Fsp3) is 0.250. The molecular formula is C20H20FNO5. The van der Waals surface area contributed by atoms with Crippen LogP contribution in [0.4, 0.5) is 10.1 Å². The summed E-state index contributed by atoms with van der Waals surface area (Å²) in [6.07, 6.45) is 0. The number of hydrogen-bond donors (Lipinski definition) is 1. The number of carbonyl (C=O) groups excluding carboxylic acids is 1. The van der Waals surface area contributed by atoms with Gasteiger partial charge in [-0.15, -0.1) is 0 Å². The average Bonchev–Trinajstić information content (AvgIpc) is 2.98. The van der Waals surface area contributed by atoms with E-state index in [1.807, 2.05) is 0 Å². The van der Waals surface area contributed by atoms with Gasteiger partial charge < -0.3 is 23.9 Å². The van der Waals surface area contributed by atoms with Crippen molar-refractivity contribution >= 4 is 22.6 Å². The molecule has 0 saturated carbocycles. The smallest absolute Gasteiger partial charge is 0.291 e. The van der Waals surface area contributed by atoms with Crippen LogP contribution in [-0.2, 0) is 4.74 Å². The highest BCUT2D eigenvalue weighted by molar-refractivity contribution is 6.06. The number of anilines is 1. The zero-order valence-electron chi connectivity index (χ0n) is 15.3. The number of halogens is 1. The van der Waals surface area contributed by atoms with E-state index in [0.29, 0.717) is 46.9 Å². The molecule has 142 valence electrons. The van der Waals surface area contributed by atoms with E-state index in [1.54, 1.807) is 32.2 Å². The van der Waals surface area contributed by atoms with E-state index in [1.165, 1.54) is 25.3 Å². The number of ether oxygens (including phenoxy) is 3. The molecule has 0 aliphatic rings. The highest BCUT2D eigenvalue weighted by Crippen LogP contribution is 2.31. The molecule has 3 rings (SSSR count). The summed E-state index contributed by atoms with van der Waals surface area (Å²) in [6.45, 7) is 2.49. The Morgan fingerprint density at radius 2 is 1.93 bits per heavy atom. The number of benzene rings is 2. The molecule has 0 aliphatic carbocycles. The topological polar surface area (TPSA) is 69.9 Å². The molecule has 0 aliphatic heterocycles. The van der Waals surface area contributed by atoms with Gasteiger partial charge in [0.15, 0.2) is 17.3 Å². The molecule has 27 heavy (non-hydrogen) atoms. The zero-order chi connectivity index (χ0) is 19.4. The third-order valence-corrected chi connectivity index (χ3v) is 4.07. The first-order chi connectivity index (χ1) is 13.0. The number of furan rings is 1. The molecule has 0 fully saturated rings. The molecule has 1 aromatic heterocycles. The monoisotopic (exact) mass is 373 g/mol. The molecule has 0 radical (unpaired) electrons. The first-order valence-corrected chi connectivity index (χ1v) is 8.33. The standard InChI is InChI=1S/C20H20FNO5/c1-12-15-10-13(21)4-6-16(15)27-19(12)20(23)22-14-5-7-17(25-3)18(11-14)26-9-8-24-2/h4-7,10-11H,8-9H2,1-3H3,(H,22,23). The maximum absolute atomic E-state index is 13.4. The van der Waals surface area contributed by atoms with Crippen molar-refractivity contribution in [3.05, 3.63) is 53.5 Å².